The topological polar surface area (TPSA) is 83.4 Å². The molecule has 3 rings (SSSR count). The van der Waals surface area contributed by atoms with E-state index in [0.717, 1.165) is 44.0 Å². The molecule has 170 valence electrons. The third-order valence-corrected chi connectivity index (χ3v) is 5.81. The summed E-state index contributed by atoms with van der Waals surface area (Å²) in [5, 5.41) is 18.8. The monoisotopic (exact) mass is 460 g/mol. The molecule has 0 spiro atoms. The fourth-order valence-corrected chi connectivity index (χ4v) is 3.66. The molecule has 1 saturated heterocycles. The summed E-state index contributed by atoms with van der Waals surface area (Å²) in [5.41, 5.74) is 3.75. The Morgan fingerprint density at radius 1 is 1.18 bits per heavy atom. The van der Waals surface area contributed by atoms with E-state index in [9.17, 15) is 4.79 Å². The molecule has 33 heavy (non-hydrogen) atoms. The highest BCUT2D eigenvalue weighted by molar-refractivity contribution is 7.80. The minimum atomic E-state index is -0.274. The summed E-state index contributed by atoms with van der Waals surface area (Å²) < 4.78 is 0. The van der Waals surface area contributed by atoms with E-state index < -0.39 is 0 Å². The number of hydrogen-bond donors (Lipinski definition) is 3. The zero-order valence-electron chi connectivity index (χ0n) is 18.7. The van der Waals surface area contributed by atoms with Crippen molar-refractivity contribution in [3.8, 4) is 6.07 Å². The van der Waals surface area contributed by atoms with Crippen LogP contribution in [-0.2, 0) is 0 Å². The Balaban J connectivity index is 1.63. The molecule has 1 aliphatic rings. The van der Waals surface area contributed by atoms with E-state index in [1.807, 2.05) is 36.2 Å². The summed E-state index contributed by atoms with van der Waals surface area (Å²) in [4.78, 5) is 16.9. The van der Waals surface area contributed by atoms with Crippen LogP contribution >= 0.6 is 12.2 Å². The number of benzene rings is 2. The summed E-state index contributed by atoms with van der Waals surface area (Å²) in [5.74, 6) is -0.274. The van der Waals surface area contributed by atoms with Crippen molar-refractivity contribution in [1.29, 1.82) is 5.26 Å². The molecule has 0 aliphatic carbocycles. The van der Waals surface area contributed by atoms with Gasteiger partial charge in [0.05, 0.1) is 17.3 Å². The van der Waals surface area contributed by atoms with Crippen LogP contribution < -0.4 is 16.0 Å². The molecule has 0 unspecified atom stereocenters. The van der Waals surface area contributed by atoms with E-state index in [2.05, 4.69) is 34.0 Å². The fraction of sp³-hybridized carbons (Fsp3) is 0.240. The van der Waals surface area contributed by atoms with Gasteiger partial charge in [0.2, 0.25) is 0 Å². The maximum absolute atomic E-state index is 12.7. The number of nitrogens with one attached hydrogen (secondary N) is 3. The van der Waals surface area contributed by atoms with Gasteiger partial charge in [-0.1, -0.05) is 31.4 Å². The number of amides is 1. The normalized spacial score (nSPS) is 13.5. The van der Waals surface area contributed by atoms with Crippen LogP contribution in [-0.4, -0.2) is 60.6 Å². The van der Waals surface area contributed by atoms with Crippen molar-refractivity contribution in [3.63, 3.8) is 0 Å². The van der Waals surface area contributed by atoms with E-state index in [1.165, 1.54) is 0 Å². The van der Waals surface area contributed by atoms with E-state index in [0.29, 0.717) is 27.6 Å². The van der Waals surface area contributed by atoms with E-state index in [4.69, 9.17) is 17.5 Å². The molecule has 8 heteroatoms. The number of likely N-dealkylation sites (N-methyl/N-ethyl adjacent to an activating group) is 1. The molecule has 1 amide bonds. The van der Waals surface area contributed by atoms with Crippen molar-refractivity contribution < 1.29 is 4.79 Å². The minimum absolute atomic E-state index is 0.274. The van der Waals surface area contributed by atoms with Crippen molar-refractivity contribution >= 4 is 34.6 Å². The van der Waals surface area contributed by atoms with Crippen LogP contribution in [0, 0.1) is 11.3 Å². The number of piperazine rings is 1. The summed E-state index contributed by atoms with van der Waals surface area (Å²) >= 11 is 5.58. The van der Waals surface area contributed by atoms with Gasteiger partial charge < -0.3 is 20.9 Å². The highest BCUT2D eigenvalue weighted by Crippen LogP contribution is 2.22. The first-order valence-electron chi connectivity index (χ1n) is 10.6. The zero-order valence-corrected chi connectivity index (χ0v) is 19.5. The second kappa shape index (κ2) is 11.4. The number of thiocarbonyl (C=S) groups is 1. The smallest absolute Gasteiger partial charge is 0.255 e. The molecule has 1 aliphatic heterocycles. The molecule has 0 radical (unpaired) electrons. The predicted octanol–water partition coefficient (Wildman–Crippen LogP) is 3.01. The molecule has 0 aromatic heterocycles. The number of anilines is 1. The average Bonchev–Trinajstić information content (AvgIpc) is 2.84. The Kier molecular flexibility index (Phi) is 8.33. The van der Waals surface area contributed by atoms with E-state index in [-0.39, 0.29) is 5.91 Å². The largest absolute Gasteiger partial charge is 0.332 e. The SMILES string of the molecule is C=C(NC(=S)N(C)C(=C)CN1CCNCC1)c1ccccc1NC(=O)c1ccc(C#N)cc1. The van der Waals surface area contributed by atoms with Crippen LogP contribution in [0.2, 0.25) is 0 Å². The first-order valence-corrected chi connectivity index (χ1v) is 11.0. The van der Waals surface area contributed by atoms with E-state index >= 15 is 0 Å². The minimum Gasteiger partial charge on any atom is -0.332 e. The number of rotatable bonds is 7. The first kappa shape index (κ1) is 24.1. The van der Waals surface area contributed by atoms with Crippen LogP contribution in [0.5, 0.6) is 0 Å². The number of nitrogens with zero attached hydrogens (tertiary/aromatic N) is 3. The first-order chi connectivity index (χ1) is 15.9. The lowest BCUT2D eigenvalue weighted by Crippen LogP contribution is -2.46. The lowest BCUT2D eigenvalue weighted by molar-refractivity contribution is 0.102. The van der Waals surface area contributed by atoms with Crippen molar-refractivity contribution in [2.75, 3.05) is 45.1 Å². The molecular formula is C25H28N6OS. The highest BCUT2D eigenvalue weighted by atomic mass is 32.1. The molecular weight excluding hydrogens is 432 g/mol. The Hall–Kier alpha value is -3.51. The van der Waals surface area contributed by atoms with Crippen molar-refractivity contribution in [3.05, 3.63) is 84.1 Å². The third kappa shape index (κ3) is 6.49. The molecule has 0 saturated carbocycles. The zero-order chi connectivity index (χ0) is 23.8. The predicted molar refractivity (Wildman–Crippen MR) is 137 cm³/mol. The second-order valence-corrected chi connectivity index (χ2v) is 8.14. The van der Waals surface area contributed by atoms with Gasteiger partial charge in [-0.05, 0) is 42.5 Å². The van der Waals surface area contributed by atoms with Crippen LogP contribution in [0.3, 0.4) is 0 Å². The number of nitriles is 1. The lowest BCUT2D eigenvalue weighted by atomic mass is 10.1. The Bertz CT molecular complexity index is 1080. The molecule has 7 nitrogen and oxygen atoms in total. The van der Waals surface area contributed by atoms with Gasteiger partial charge in [0, 0.05) is 62.3 Å². The molecule has 3 N–H and O–H groups in total. The molecule has 0 atom stereocenters. The van der Waals surface area contributed by atoms with Crippen LogP contribution in [0.1, 0.15) is 21.5 Å². The Morgan fingerprint density at radius 2 is 1.85 bits per heavy atom. The number of carbonyl (C=O) groups excluding carboxylic acids is 1. The van der Waals surface area contributed by atoms with Crippen LogP contribution in [0.25, 0.3) is 5.70 Å². The van der Waals surface area contributed by atoms with Gasteiger partial charge in [0.1, 0.15) is 0 Å². The van der Waals surface area contributed by atoms with Crippen molar-refractivity contribution in [2.24, 2.45) is 0 Å². The number of hydrogen-bond acceptors (Lipinski definition) is 5. The number of para-hydroxylation sites is 1. The van der Waals surface area contributed by atoms with Crippen LogP contribution in [0.15, 0.2) is 67.4 Å². The molecule has 2 aromatic carbocycles. The Morgan fingerprint density at radius 3 is 2.52 bits per heavy atom. The van der Waals surface area contributed by atoms with Crippen molar-refractivity contribution in [2.45, 2.75) is 0 Å². The maximum atomic E-state index is 12.7. The van der Waals surface area contributed by atoms with Gasteiger partial charge >= 0.3 is 0 Å². The highest BCUT2D eigenvalue weighted by Gasteiger charge is 2.16. The average molecular weight is 461 g/mol. The van der Waals surface area contributed by atoms with Gasteiger partial charge in [-0.15, -0.1) is 0 Å². The van der Waals surface area contributed by atoms with Gasteiger partial charge in [-0.2, -0.15) is 5.26 Å². The quantitative estimate of drug-likeness (QED) is 0.548. The second-order valence-electron chi connectivity index (χ2n) is 7.75. The maximum Gasteiger partial charge on any atom is 0.255 e. The molecule has 0 bridgehead atoms. The molecule has 1 heterocycles. The Labute approximate surface area is 200 Å². The van der Waals surface area contributed by atoms with Gasteiger partial charge in [-0.3, -0.25) is 9.69 Å². The fourth-order valence-electron chi connectivity index (χ4n) is 3.40. The lowest BCUT2D eigenvalue weighted by Gasteiger charge is -2.31. The van der Waals surface area contributed by atoms with Gasteiger partial charge in [-0.25, -0.2) is 0 Å². The molecule has 2 aromatic rings. The van der Waals surface area contributed by atoms with Crippen molar-refractivity contribution in [1.82, 2.24) is 20.4 Å². The summed E-state index contributed by atoms with van der Waals surface area (Å²) in [7, 11) is 1.88. The standard InChI is InChI=1S/C25H28N6OS/c1-18(17-31-14-12-27-13-15-31)30(3)25(33)28-19(2)22-6-4-5-7-23(22)29-24(32)21-10-8-20(16-26)9-11-21/h4-11,27H,1-2,12-15,17H2,3H3,(H,28,33)(H,29,32). The van der Waals surface area contributed by atoms with Crippen LogP contribution in [0.4, 0.5) is 5.69 Å². The third-order valence-electron chi connectivity index (χ3n) is 5.43. The number of carbonyl (C=O) groups is 1. The summed E-state index contributed by atoms with van der Waals surface area (Å²) in [6.45, 7) is 13.0. The summed E-state index contributed by atoms with van der Waals surface area (Å²) in [6.07, 6.45) is 0. The van der Waals surface area contributed by atoms with Gasteiger partial charge in [0.25, 0.3) is 5.91 Å². The van der Waals surface area contributed by atoms with E-state index in [1.54, 1.807) is 30.3 Å². The molecule has 1 fully saturated rings. The summed E-state index contributed by atoms with van der Waals surface area (Å²) in [6, 6.07) is 15.9. The van der Waals surface area contributed by atoms with Gasteiger partial charge in [0.15, 0.2) is 5.11 Å².